The molecule has 1 aromatic carbocycles. The van der Waals surface area contributed by atoms with Crippen LogP contribution in [0.3, 0.4) is 0 Å². The number of rotatable bonds is 1. The third kappa shape index (κ3) is 1.23. The van der Waals surface area contributed by atoms with Gasteiger partial charge in [0.15, 0.2) is 0 Å². The highest BCUT2D eigenvalue weighted by Gasteiger charge is 2.64. The summed E-state index contributed by atoms with van der Waals surface area (Å²) in [5.41, 5.74) is -1.30. The highest BCUT2D eigenvalue weighted by atomic mass is 19.4. The average molecular weight is 185 g/mol. The SMILES string of the molecule is FC(F)(F)C1(c2[c]cccc2)CC1. The molecule has 0 unspecified atom stereocenters. The van der Waals surface area contributed by atoms with E-state index in [4.69, 9.17) is 0 Å². The first-order chi connectivity index (χ1) is 6.06. The number of alkyl halides is 3. The minimum atomic E-state index is -4.12. The summed E-state index contributed by atoms with van der Waals surface area (Å²) in [6, 6.07) is 8.99. The van der Waals surface area contributed by atoms with Crippen LogP contribution < -0.4 is 0 Å². The van der Waals surface area contributed by atoms with Crippen LogP contribution in [-0.4, -0.2) is 6.18 Å². The molecule has 3 heteroatoms. The van der Waals surface area contributed by atoms with Crippen LogP contribution in [0.5, 0.6) is 0 Å². The lowest BCUT2D eigenvalue weighted by molar-refractivity contribution is -0.160. The molecule has 0 nitrogen and oxygen atoms in total. The maximum atomic E-state index is 12.6. The first-order valence-corrected chi connectivity index (χ1v) is 4.10. The summed E-state index contributed by atoms with van der Waals surface area (Å²) in [4.78, 5) is 0. The molecular weight excluding hydrogens is 177 g/mol. The zero-order valence-corrected chi connectivity index (χ0v) is 6.86. The van der Waals surface area contributed by atoms with Crippen LogP contribution in [0, 0.1) is 6.07 Å². The molecule has 0 atom stereocenters. The number of halogens is 3. The van der Waals surface area contributed by atoms with Crippen molar-refractivity contribution in [3.8, 4) is 0 Å². The minimum Gasteiger partial charge on any atom is -0.170 e. The van der Waals surface area contributed by atoms with Crippen molar-refractivity contribution in [1.82, 2.24) is 0 Å². The molecule has 0 aromatic heterocycles. The summed E-state index contributed by atoms with van der Waals surface area (Å²) in [5.74, 6) is 0. The van der Waals surface area contributed by atoms with Crippen LogP contribution in [0.25, 0.3) is 0 Å². The average Bonchev–Trinajstić information content (AvgIpc) is 2.84. The summed E-state index contributed by atoms with van der Waals surface area (Å²) >= 11 is 0. The van der Waals surface area contributed by atoms with Crippen molar-refractivity contribution < 1.29 is 13.2 Å². The van der Waals surface area contributed by atoms with E-state index in [0.717, 1.165) is 0 Å². The first kappa shape index (κ1) is 8.60. The van der Waals surface area contributed by atoms with E-state index in [0.29, 0.717) is 0 Å². The molecule has 1 aliphatic rings. The second kappa shape index (κ2) is 2.50. The Bertz CT molecular complexity index is 296. The molecule has 1 aliphatic carbocycles. The van der Waals surface area contributed by atoms with Gasteiger partial charge in [-0.15, -0.1) is 0 Å². The second-order valence-electron chi connectivity index (χ2n) is 3.36. The summed E-state index contributed by atoms with van der Waals surface area (Å²) in [7, 11) is 0. The van der Waals surface area contributed by atoms with Crippen molar-refractivity contribution in [2.45, 2.75) is 24.4 Å². The van der Waals surface area contributed by atoms with Crippen molar-refractivity contribution in [2.24, 2.45) is 0 Å². The molecule has 0 saturated heterocycles. The van der Waals surface area contributed by atoms with E-state index in [1.807, 2.05) is 0 Å². The molecule has 0 amide bonds. The zero-order valence-electron chi connectivity index (χ0n) is 6.86. The van der Waals surface area contributed by atoms with Gasteiger partial charge in [-0.1, -0.05) is 24.3 Å². The van der Waals surface area contributed by atoms with Crippen molar-refractivity contribution >= 4 is 0 Å². The summed E-state index contributed by atoms with van der Waals surface area (Å²) in [6.07, 6.45) is -3.71. The highest BCUT2D eigenvalue weighted by Crippen LogP contribution is 2.58. The van der Waals surface area contributed by atoms with Crippen LogP contribution in [0.4, 0.5) is 13.2 Å². The molecule has 1 radical (unpaired) electrons. The fourth-order valence-electron chi connectivity index (χ4n) is 1.52. The van der Waals surface area contributed by atoms with Gasteiger partial charge in [0.25, 0.3) is 0 Å². The van der Waals surface area contributed by atoms with Gasteiger partial charge in [-0.3, -0.25) is 0 Å². The molecule has 13 heavy (non-hydrogen) atoms. The molecule has 1 aromatic rings. The fraction of sp³-hybridized carbons (Fsp3) is 0.400. The molecule has 0 N–H and O–H groups in total. The Morgan fingerprint density at radius 3 is 2.31 bits per heavy atom. The van der Waals surface area contributed by atoms with Gasteiger partial charge in [0.05, 0.1) is 5.41 Å². The van der Waals surface area contributed by atoms with Crippen LogP contribution in [0.1, 0.15) is 18.4 Å². The third-order valence-corrected chi connectivity index (χ3v) is 2.52. The number of hydrogen-bond acceptors (Lipinski definition) is 0. The van der Waals surface area contributed by atoms with E-state index in [1.54, 1.807) is 12.1 Å². The van der Waals surface area contributed by atoms with Gasteiger partial charge in [-0.05, 0) is 24.5 Å². The van der Waals surface area contributed by atoms with E-state index in [2.05, 4.69) is 6.07 Å². The third-order valence-electron chi connectivity index (χ3n) is 2.52. The van der Waals surface area contributed by atoms with Crippen molar-refractivity contribution in [1.29, 1.82) is 0 Å². The Balaban J connectivity index is 2.37. The summed E-state index contributed by atoms with van der Waals surface area (Å²) in [5, 5.41) is 0. The van der Waals surface area contributed by atoms with Crippen LogP contribution >= 0.6 is 0 Å². The molecule has 69 valence electrons. The van der Waals surface area contributed by atoms with Crippen LogP contribution in [-0.2, 0) is 5.41 Å². The smallest absolute Gasteiger partial charge is 0.170 e. The molecule has 0 spiro atoms. The van der Waals surface area contributed by atoms with Crippen LogP contribution in [0.2, 0.25) is 0 Å². The van der Waals surface area contributed by atoms with Gasteiger partial charge in [0.2, 0.25) is 0 Å². The molecular formula is C10H8F3. The van der Waals surface area contributed by atoms with Gasteiger partial charge in [-0.25, -0.2) is 0 Å². The van der Waals surface area contributed by atoms with E-state index in [-0.39, 0.29) is 18.4 Å². The molecule has 1 fully saturated rings. The van der Waals surface area contributed by atoms with Crippen molar-refractivity contribution in [3.63, 3.8) is 0 Å². The zero-order chi connectivity index (χ0) is 9.53. The monoisotopic (exact) mass is 185 g/mol. The van der Waals surface area contributed by atoms with Crippen molar-refractivity contribution in [2.75, 3.05) is 0 Å². The predicted molar refractivity (Wildman–Crippen MR) is 42.2 cm³/mol. The quantitative estimate of drug-likeness (QED) is 0.630. The predicted octanol–water partition coefficient (Wildman–Crippen LogP) is 3.08. The highest BCUT2D eigenvalue weighted by molar-refractivity contribution is 5.32. The second-order valence-corrected chi connectivity index (χ2v) is 3.36. The van der Waals surface area contributed by atoms with E-state index in [1.165, 1.54) is 12.1 Å². The maximum Gasteiger partial charge on any atom is 0.398 e. The maximum absolute atomic E-state index is 12.6. The van der Waals surface area contributed by atoms with Gasteiger partial charge in [0, 0.05) is 0 Å². The van der Waals surface area contributed by atoms with E-state index in [9.17, 15) is 13.2 Å². The number of benzene rings is 1. The molecule has 2 rings (SSSR count). The summed E-state index contributed by atoms with van der Waals surface area (Å²) in [6.45, 7) is 0. The van der Waals surface area contributed by atoms with Gasteiger partial charge in [-0.2, -0.15) is 13.2 Å². The Morgan fingerprint density at radius 2 is 1.92 bits per heavy atom. The van der Waals surface area contributed by atoms with Gasteiger partial charge in [0.1, 0.15) is 0 Å². The molecule has 0 aliphatic heterocycles. The molecule has 0 bridgehead atoms. The lowest BCUT2D eigenvalue weighted by atomic mass is 9.96. The Kier molecular flexibility index (Phi) is 1.65. The topological polar surface area (TPSA) is 0 Å². The lowest BCUT2D eigenvalue weighted by Crippen LogP contribution is -2.28. The normalized spacial score (nSPS) is 19.9. The van der Waals surface area contributed by atoms with Crippen LogP contribution in [0.15, 0.2) is 24.3 Å². The van der Waals surface area contributed by atoms with Gasteiger partial charge >= 0.3 is 6.18 Å². The molecule has 1 saturated carbocycles. The largest absolute Gasteiger partial charge is 0.398 e. The van der Waals surface area contributed by atoms with E-state index < -0.39 is 11.6 Å². The standard InChI is InChI=1S/C10H8F3/c11-10(12,13)9(6-7-9)8-4-2-1-3-5-8/h1-4H,6-7H2. The minimum absolute atomic E-state index is 0.205. The summed E-state index contributed by atoms with van der Waals surface area (Å²) < 4.78 is 37.7. The van der Waals surface area contributed by atoms with E-state index >= 15 is 0 Å². The number of hydrogen-bond donors (Lipinski definition) is 0. The first-order valence-electron chi connectivity index (χ1n) is 4.10. The fourth-order valence-corrected chi connectivity index (χ4v) is 1.52. The Morgan fingerprint density at radius 1 is 1.23 bits per heavy atom. The van der Waals surface area contributed by atoms with Gasteiger partial charge < -0.3 is 0 Å². The lowest BCUT2D eigenvalue weighted by Gasteiger charge is -2.18. The Hall–Kier alpha value is -0.990. The molecule has 0 heterocycles. The Labute approximate surface area is 74.4 Å². The van der Waals surface area contributed by atoms with Crippen molar-refractivity contribution in [3.05, 3.63) is 35.9 Å².